The van der Waals surface area contributed by atoms with Crippen LogP contribution in [0.25, 0.3) is 10.8 Å². The quantitative estimate of drug-likeness (QED) is 0.715. The number of phenolic OH excluding ortho intramolecular Hbond substituents is 1. The van der Waals surface area contributed by atoms with Crippen molar-refractivity contribution in [2.24, 2.45) is 0 Å². The lowest BCUT2D eigenvalue weighted by atomic mass is 10.1. The van der Waals surface area contributed by atoms with Gasteiger partial charge in [0.1, 0.15) is 5.75 Å². The van der Waals surface area contributed by atoms with Crippen LogP contribution < -0.4 is 0 Å². The molecule has 3 heteroatoms. The van der Waals surface area contributed by atoms with E-state index in [4.69, 9.17) is 0 Å². The van der Waals surface area contributed by atoms with Crippen LogP contribution in [0.5, 0.6) is 5.75 Å². The number of rotatable bonds is 0. The summed E-state index contributed by atoms with van der Waals surface area (Å²) >= 11 is 5.56. The van der Waals surface area contributed by atoms with Crippen LogP contribution >= 0.6 is 38.5 Å². The van der Waals surface area contributed by atoms with E-state index < -0.39 is 0 Å². The molecule has 66 valence electrons. The van der Waals surface area contributed by atoms with Crippen molar-refractivity contribution in [2.45, 2.75) is 0 Å². The maximum Gasteiger partial charge on any atom is 0.129 e. The van der Waals surface area contributed by atoms with Crippen LogP contribution in [0.1, 0.15) is 0 Å². The first-order valence-electron chi connectivity index (χ1n) is 3.75. The van der Waals surface area contributed by atoms with Crippen molar-refractivity contribution in [3.63, 3.8) is 0 Å². The summed E-state index contributed by atoms with van der Waals surface area (Å²) in [5.74, 6) is 0.343. The van der Waals surface area contributed by atoms with Crippen molar-refractivity contribution in [1.29, 1.82) is 0 Å². The summed E-state index contributed by atoms with van der Waals surface area (Å²) in [5.41, 5.74) is 0. The van der Waals surface area contributed by atoms with Gasteiger partial charge in [-0.05, 0) is 51.6 Å². The second-order valence-electron chi connectivity index (χ2n) is 2.76. The summed E-state index contributed by atoms with van der Waals surface area (Å²) < 4.78 is 1.96. The Hall–Kier alpha value is -0.290. The topological polar surface area (TPSA) is 20.2 Å². The minimum absolute atomic E-state index is 0.343. The van der Waals surface area contributed by atoms with Crippen LogP contribution in [0, 0.1) is 3.57 Å². The maximum atomic E-state index is 9.47. The van der Waals surface area contributed by atoms with Gasteiger partial charge in [-0.1, -0.05) is 28.1 Å². The van der Waals surface area contributed by atoms with Gasteiger partial charge in [-0.25, -0.2) is 0 Å². The van der Waals surface area contributed by atoms with E-state index >= 15 is 0 Å². The fourth-order valence-corrected chi connectivity index (χ4v) is 2.30. The van der Waals surface area contributed by atoms with Crippen molar-refractivity contribution in [3.05, 3.63) is 38.4 Å². The van der Waals surface area contributed by atoms with Crippen LogP contribution in [-0.4, -0.2) is 5.11 Å². The molecule has 0 saturated carbocycles. The van der Waals surface area contributed by atoms with Gasteiger partial charge in [-0.2, -0.15) is 0 Å². The third-order valence-electron chi connectivity index (χ3n) is 1.90. The Morgan fingerprint density at radius 1 is 1.15 bits per heavy atom. The van der Waals surface area contributed by atoms with Gasteiger partial charge in [-0.15, -0.1) is 0 Å². The summed E-state index contributed by atoms with van der Waals surface area (Å²) in [6, 6.07) is 9.65. The fraction of sp³-hybridized carbons (Fsp3) is 0. The molecule has 0 heterocycles. The number of aromatic hydroxyl groups is 1. The van der Waals surface area contributed by atoms with Crippen molar-refractivity contribution in [3.8, 4) is 5.75 Å². The highest BCUT2D eigenvalue weighted by atomic mass is 127. The lowest BCUT2D eigenvalue weighted by Crippen LogP contribution is -1.78. The van der Waals surface area contributed by atoms with Crippen LogP contribution in [0.15, 0.2) is 34.8 Å². The Bertz CT molecular complexity index is 468. The summed E-state index contributed by atoms with van der Waals surface area (Å²) in [7, 11) is 0. The number of halogens is 2. The van der Waals surface area contributed by atoms with Gasteiger partial charge in [0.05, 0.1) is 3.57 Å². The summed E-state index contributed by atoms with van der Waals surface area (Å²) in [4.78, 5) is 0. The fourth-order valence-electron chi connectivity index (χ4n) is 1.25. The summed E-state index contributed by atoms with van der Waals surface area (Å²) in [6.07, 6.45) is 0. The molecular formula is C10H6BrIO. The van der Waals surface area contributed by atoms with E-state index in [0.29, 0.717) is 5.75 Å². The monoisotopic (exact) mass is 348 g/mol. The Kier molecular flexibility index (Phi) is 2.47. The third-order valence-corrected chi connectivity index (χ3v) is 3.52. The molecule has 2 aromatic rings. The molecule has 2 rings (SSSR count). The lowest BCUT2D eigenvalue weighted by molar-refractivity contribution is 0.472. The molecule has 0 radical (unpaired) electrons. The van der Waals surface area contributed by atoms with Crippen molar-refractivity contribution < 1.29 is 5.11 Å². The number of benzene rings is 2. The highest BCUT2D eigenvalue weighted by molar-refractivity contribution is 14.1. The second-order valence-corrected chi connectivity index (χ2v) is 4.76. The lowest BCUT2D eigenvalue weighted by Gasteiger charge is -2.02. The molecule has 13 heavy (non-hydrogen) atoms. The molecule has 1 N–H and O–H groups in total. The molecule has 0 saturated heterocycles. The van der Waals surface area contributed by atoms with Crippen LogP contribution in [0.2, 0.25) is 0 Å². The van der Waals surface area contributed by atoms with E-state index in [1.54, 1.807) is 6.07 Å². The standard InChI is InChI=1S/C10H6BrIO/c11-7-2-3-8-6(5-7)1-4-9(13)10(8)12/h1-5,13H. The summed E-state index contributed by atoms with van der Waals surface area (Å²) in [6.45, 7) is 0. The average molecular weight is 349 g/mol. The first kappa shape index (κ1) is 9.27. The van der Waals surface area contributed by atoms with E-state index in [1.807, 2.05) is 24.3 Å². The highest BCUT2D eigenvalue weighted by Crippen LogP contribution is 2.29. The Labute approximate surface area is 98.0 Å². The number of phenols is 1. The highest BCUT2D eigenvalue weighted by Gasteiger charge is 2.03. The van der Waals surface area contributed by atoms with E-state index in [0.717, 1.165) is 18.8 Å². The molecule has 0 aliphatic heterocycles. The molecule has 0 fully saturated rings. The molecule has 2 aromatic carbocycles. The zero-order valence-corrected chi connectivity index (χ0v) is 10.3. The molecule has 0 amide bonds. The predicted octanol–water partition coefficient (Wildman–Crippen LogP) is 3.91. The molecule has 1 nitrogen and oxygen atoms in total. The molecule has 0 unspecified atom stereocenters. The maximum absolute atomic E-state index is 9.47. The Morgan fingerprint density at radius 2 is 1.92 bits per heavy atom. The van der Waals surface area contributed by atoms with Gasteiger partial charge in [0.25, 0.3) is 0 Å². The Balaban J connectivity index is 2.87. The van der Waals surface area contributed by atoms with Crippen LogP contribution in [0.4, 0.5) is 0 Å². The third kappa shape index (κ3) is 1.67. The second kappa shape index (κ2) is 3.46. The van der Waals surface area contributed by atoms with Gasteiger partial charge in [0.2, 0.25) is 0 Å². The zero-order valence-electron chi connectivity index (χ0n) is 6.59. The van der Waals surface area contributed by atoms with Crippen molar-refractivity contribution in [2.75, 3.05) is 0 Å². The molecule has 0 aliphatic carbocycles. The normalized spacial score (nSPS) is 10.6. The SMILES string of the molecule is Oc1ccc2cc(Br)ccc2c1I. The van der Waals surface area contributed by atoms with Crippen molar-refractivity contribution >= 4 is 49.3 Å². The van der Waals surface area contributed by atoms with E-state index in [1.165, 1.54) is 0 Å². The van der Waals surface area contributed by atoms with Gasteiger partial charge in [0, 0.05) is 4.47 Å². The zero-order chi connectivity index (χ0) is 9.42. The molecule has 0 bridgehead atoms. The largest absolute Gasteiger partial charge is 0.507 e. The van der Waals surface area contributed by atoms with E-state index in [9.17, 15) is 5.11 Å². The minimum atomic E-state index is 0.343. The first-order valence-corrected chi connectivity index (χ1v) is 5.62. The molecule has 0 aromatic heterocycles. The average Bonchev–Trinajstić information content (AvgIpc) is 2.12. The van der Waals surface area contributed by atoms with Crippen LogP contribution in [0.3, 0.4) is 0 Å². The van der Waals surface area contributed by atoms with Gasteiger partial charge < -0.3 is 5.11 Å². The number of hydrogen-bond donors (Lipinski definition) is 1. The number of hydrogen-bond acceptors (Lipinski definition) is 1. The predicted molar refractivity (Wildman–Crippen MR) is 66.0 cm³/mol. The van der Waals surface area contributed by atoms with E-state index in [-0.39, 0.29) is 0 Å². The van der Waals surface area contributed by atoms with Crippen molar-refractivity contribution in [1.82, 2.24) is 0 Å². The molecule has 0 atom stereocenters. The van der Waals surface area contributed by atoms with Gasteiger partial charge in [-0.3, -0.25) is 0 Å². The molecular weight excluding hydrogens is 343 g/mol. The Morgan fingerprint density at radius 3 is 2.69 bits per heavy atom. The van der Waals surface area contributed by atoms with E-state index in [2.05, 4.69) is 38.5 Å². The number of fused-ring (bicyclic) bond motifs is 1. The molecule has 0 aliphatic rings. The molecule has 0 spiro atoms. The smallest absolute Gasteiger partial charge is 0.129 e. The first-order chi connectivity index (χ1) is 6.18. The van der Waals surface area contributed by atoms with Gasteiger partial charge in [0.15, 0.2) is 0 Å². The summed E-state index contributed by atoms with van der Waals surface area (Å²) in [5, 5.41) is 11.7. The van der Waals surface area contributed by atoms with Crippen LogP contribution in [-0.2, 0) is 0 Å². The van der Waals surface area contributed by atoms with Gasteiger partial charge >= 0.3 is 0 Å². The minimum Gasteiger partial charge on any atom is -0.507 e.